The number of hydrogen-bond donors (Lipinski definition) is 1. The molecule has 3 fully saturated rings. The molecule has 0 aromatic carbocycles. The predicted molar refractivity (Wildman–Crippen MR) is 82.4 cm³/mol. The molecule has 22 heavy (non-hydrogen) atoms. The van der Waals surface area contributed by atoms with Gasteiger partial charge in [0.15, 0.2) is 5.96 Å². The van der Waals surface area contributed by atoms with Crippen LogP contribution < -0.4 is 5.32 Å². The highest BCUT2D eigenvalue weighted by molar-refractivity contribution is 5.80. The maximum Gasteiger partial charge on any atom is 0.193 e. The van der Waals surface area contributed by atoms with Gasteiger partial charge in [-0.3, -0.25) is 4.99 Å². The summed E-state index contributed by atoms with van der Waals surface area (Å²) < 4.78 is 10.9. The minimum Gasteiger partial charge on any atom is -0.377 e. The average Bonchev–Trinajstić information content (AvgIpc) is 3.09. The molecule has 6 nitrogen and oxygen atoms in total. The summed E-state index contributed by atoms with van der Waals surface area (Å²) in [4.78, 5) is 6.57. The van der Waals surface area contributed by atoms with E-state index in [1.165, 1.54) is 25.7 Å². The van der Waals surface area contributed by atoms with Gasteiger partial charge in [0.1, 0.15) is 12.0 Å². The summed E-state index contributed by atoms with van der Waals surface area (Å²) in [6.45, 7) is 1.61. The quantitative estimate of drug-likeness (QED) is 0.679. The van der Waals surface area contributed by atoms with Crippen LogP contribution in [-0.4, -0.2) is 48.9 Å². The summed E-state index contributed by atoms with van der Waals surface area (Å²) in [7, 11) is 3.88. The molecular formula is C16H24N4O2. The zero-order chi connectivity index (χ0) is 15.2. The lowest BCUT2D eigenvalue weighted by Gasteiger charge is -2.63. The first kappa shape index (κ1) is 14.1. The summed E-state index contributed by atoms with van der Waals surface area (Å²) in [5.74, 6) is 1.59. The van der Waals surface area contributed by atoms with E-state index in [4.69, 9.17) is 9.26 Å². The molecule has 0 bridgehead atoms. The Hall–Kier alpha value is -1.56. The number of rotatable bonds is 3. The van der Waals surface area contributed by atoms with Crippen molar-refractivity contribution in [3.63, 3.8) is 0 Å². The predicted octanol–water partition coefficient (Wildman–Crippen LogP) is 1.64. The highest BCUT2D eigenvalue weighted by atomic mass is 16.5. The van der Waals surface area contributed by atoms with Gasteiger partial charge >= 0.3 is 0 Å². The minimum atomic E-state index is 0.367. The molecule has 4 rings (SSSR count). The molecule has 2 aliphatic carbocycles. The Balaban J connectivity index is 1.44. The molecule has 2 saturated carbocycles. The lowest BCUT2D eigenvalue weighted by atomic mass is 9.46. The third-order valence-corrected chi connectivity index (χ3v) is 5.78. The summed E-state index contributed by atoms with van der Waals surface area (Å²) in [5.41, 5.74) is 1.28. The van der Waals surface area contributed by atoms with Gasteiger partial charge in [-0.1, -0.05) is 11.6 Å². The van der Waals surface area contributed by atoms with Crippen LogP contribution in [0.5, 0.6) is 0 Å². The standard InChI is InChI=1S/C16H24N4O2/c1-17-15(20(2)10-11-4-9-22-19-11)18-13-12-5-8-21-14(12)16(13)6-3-7-16/h4,9,12-14H,3,5-8,10H2,1-2H3,(H,17,18). The third kappa shape index (κ3) is 1.96. The van der Waals surface area contributed by atoms with Crippen molar-refractivity contribution in [2.75, 3.05) is 20.7 Å². The van der Waals surface area contributed by atoms with E-state index in [2.05, 4.69) is 20.4 Å². The zero-order valence-corrected chi connectivity index (χ0v) is 13.3. The van der Waals surface area contributed by atoms with Gasteiger partial charge in [0.25, 0.3) is 0 Å². The van der Waals surface area contributed by atoms with Gasteiger partial charge in [0, 0.05) is 44.1 Å². The number of guanidine groups is 1. The first-order chi connectivity index (χ1) is 10.7. The number of aliphatic imine (C=N–C) groups is 1. The Morgan fingerprint density at radius 3 is 3.05 bits per heavy atom. The monoisotopic (exact) mass is 304 g/mol. The Bertz CT molecular complexity index is 553. The van der Waals surface area contributed by atoms with Gasteiger partial charge in [0.05, 0.1) is 12.6 Å². The molecule has 6 heteroatoms. The van der Waals surface area contributed by atoms with Gasteiger partial charge < -0.3 is 19.5 Å². The van der Waals surface area contributed by atoms with Crippen molar-refractivity contribution in [1.29, 1.82) is 0 Å². The summed E-state index contributed by atoms with van der Waals surface area (Å²) in [6, 6.07) is 2.40. The van der Waals surface area contributed by atoms with E-state index >= 15 is 0 Å². The highest BCUT2D eigenvalue weighted by Crippen LogP contribution is 2.62. The van der Waals surface area contributed by atoms with E-state index in [-0.39, 0.29) is 0 Å². The first-order valence-electron chi connectivity index (χ1n) is 8.20. The molecular weight excluding hydrogens is 280 g/mol. The van der Waals surface area contributed by atoms with Crippen LogP contribution in [0.4, 0.5) is 0 Å². The van der Waals surface area contributed by atoms with Gasteiger partial charge in [-0.25, -0.2) is 0 Å². The molecule has 1 aromatic heterocycles. The molecule has 1 saturated heterocycles. The Labute approximate surface area is 130 Å². The fourth-order valence-corrected chi connectivity index (χ4v) is 4.58. The molecule has 1 spiro atoms. The number of ether oxygens (including phenoxy) is 1. The number of hydrogen-bond acceptors (Lipinski definition) is 4. The minimum absolute atomic E-state index is 0.367. The molecule has 0 radical (unpaired) electrons. The largest absolute Gasteiger partial charge is 0.377 e. The van der Waals surface area contributed by atoms with Gasteiger partial charge in [0.2, 0.25) is 0 Å². The Morgan fingerprint density at radius 1 is 1.55 bits per heavy atom. The van der Waals surface area contributed by atoms with Crippen LogP contribution in [0.15, 0.2) is 21.8 Å². The van der Waals surface area contributed by atoms with Crippen LogP contribution in [0.2, 0.25) is 0 Å². The van der Waals surface area contributed by atoms with Crippen LogP contribution in [0, 0.1) is 11.3 Å². The topological polar surface area (TPSA) is 62.9 Å². The lowest BCUT2D eigenvalue weighted by molar-refractivity contribution is -0.171. The fourth-order valence-electron chi connectivity index (χ4n) is 4.58. The van der Waals surface area contributed by atoms with Crippen molar-refractivity contribution < 1.29 is 9.26 Å². The maximum atomic E-state index is 5.98. The van der Waals surface area contributed by atoms with E-state index in [9.17, 15) is 0 Å². The molecule has 1 aliphatic heterocycles. The van der Waals surface area contributed by atoms with Crippen molar-refractivity contribution >= 4 is 5.96 Å². The highest BCUT2D eigenvalue weighted by Gasteiger charge is 2.66. The van der Waals surface area contributed by atoms with E-state index in [1.807, 2.05) is 20.2 Å². The molecule has 3 aliphatic rings. The number of aromatic nitrogens is 1. The lowest BCUT2D eigenvalue weighted by Crippen LogP contribution is -2.72. The third-order valence-electron chi connectivity index (χ3n) is 5.78. The van der Waals surface area contributed by atoms with Crippen molar-refractivity contribution in [2.45, 2.75) is 44.4 Å². The number of fused-ring (bicyclic) bond motifs is 2. The van der Waals surface area contributed by atoms with Gasteiger partial charge in [-0.2, -0.15) is 0 Å². The molecule has 3 atom stereocenters. The summed E-state index contributed by atoms with van der Waals surface area (Å²) in [6.07, 6.45) is 7.17. The Morgan fingerprint density at radius 2 is 2.41 bits per heavy atom. The van der Waals surface area contributed by atoms with E-state index < -0.39 is 0 Å². The van der Waals surface area contributed by atoms with Crippen LogP contribution in [0.3, 0.4) is 0 Å². The fraction of sp³-hybridized carbons (Fsp3) is 0.750. The molecule has 0 amide bonds. The second kappa shape index (κ2) is 5.26. The van der Waals surface area contributed by atoms with Crippen molar-refractivity contribution in [1.82, 2.24) is 15.4 Å². The van der Waals surface area contributed by atoms with E-state index in [1.54, 1.807) is 6.26 Å². The number of nitrogens with zero attached hydrogens (tertiary/aromatic N) is 3. The zero-order valence-electron chi connectivity index (χ0n) is 13.3. The summed E-state index contributed by atoms with van der Waals surface area (Å²) >= 11 is 0. The second-order valence-corrected chi connectivity index (χ2v) is 6.85. The normalized spacial score (nSPS) is 32.3. The van der Waals surface area contributed by atoms with Crippen molar-refractivity contribution in [3.8, 4) is 0 Å². The van der Waals surface area contributed by atoms with Gasteiger partial charge in [-0.15, -0.1) is 0 Å². The molecule has 2 heterocycles. The first-order valence-corrected chi connectivity index (χ1v) is 8.20. The van der Waals surface area contributed by atoms with Crippen molar-refractivity contribution in [2.24, 2.45) is 16.3 Å². The summed E-state index contributed by atoms with van der Waals surface area (Å²) in [5, 5.41) is 7.69. The molecule has 1 N–H and O–H groups in total. The van der Waals surface area contributed by atoms with Crippen molar-refractivity contribution in [3.05, 3.63) is 18.0 Å². The molecule has 1 aromatic rings. The van der Waals surface area contributed by atoms with Crippen LogP contribution in [0.1, 0.15) is 31.4 Å². The van der Waals surface area contributed by atoms with E-state index in [0.717, 1.165) is 18.3 Å². The molecule has 120 valence electrons. The number of nitrogens with one attached hydrogen (secondary N) is 1. The smallest absolute Gasteiger partial charge is 0.193 e. The second-order valence-electron chi connectivity index (χ2n) is 6.85. The van der Waals surface area contributed by atoms with Gasteiger partial charge in [-0.05, 0) is 19.3 Å². The Kier molecular flexibility index (Phi) is 3.36. The van der Waals surface area contributed by atoms with Crippen LogP contribution >= 0.6 is 0 Å². The maximum absolute atomic E-state index is 5.98. The van der Waals surface area contributed by atoms with Crippen LogP contribution in [0.25, 0.3) is 0 Å². The van der Waals surface area contributed by atoms with Crippen LogP contribution in [-0.2, 0) is 11.3 Å². The SMILES string of the molecule is CN=C(NC1C2CCOC2C12CCC2)N(C)Cc1ccon1. The van der Waals surface area contributed by atoms with E-state index in [0.29, 0.717) is 30.0 Å². The molecule has 3 unspecified atom stereocenters. The average molecular weight is 304 g/mol.